The molecule has 0 bridgehead atoms. The molecule has 0 radical (unpaired) electrons. The van der Waals surface area contributed by atoms with Gasteiger partial charge in [0, 0.05) is 42.8 Å². The Morgan fingerprint density at radius 3 is 0.861 bits per heavy atom. The molecule has 0 saturated heterocycles. The first-order valence-electron chi connectivity index (χ1n) is 28.2. The summed E-state index contributed by atoms with van der Waals surface area (Å²) in [5.74, 6) is 0. The maximum atomic E-state index is 4.04. The lowest BCUT2D eigenvalue weighted by Gasteiger charge is -2.46. The van der Waals surface area contributed by atoms with E-state index in [4.69, 9.17) is 0 Å². The summed E-state index contributed by atoms with van der Waals surface area (Å²) in [7, 11) is 0. The fraction of sp³-hybridized carbons (Fsp3) is 0.270. The number of nitrogens with zero attached hydrogens (tertiary/aromatic N) is 2. The summed E-state index contributed by atoms with van der Waals surface area (Å²) in [6.07, 6.45) is 0. The van der Waals surface area contributed by atoms with E-state index in [0.29, 0.717) is 0 Å². The maximum absolute atomic E-state index is 4.04. The minimum Gasteiger partial charge on any atom is -0.311 e. The highest BCUT2D eigenvalue weighted by molar-refractivity contribution is 9.10. The van der Waals surface area contributed by atoms with Crippen molar-refractivity contribution < 1.29 is 0 Å². The van der Waals surface area contributed by atoms with Crippen LogP contribution in [0.25, 0.3) is 44.5 Å². The highest BCUT2D eigenvalue weighted by Crippen LogP contribution is 2.52. The maximum Gasteiger partial charge on any atom is 0.252 e. The topological polar surface area (TPSA) is 6.48 Å². The first kappa shape index (κ1) is 54.6. The molecule has 79 heavy (non-hydrogen) atoms. The van der Waals surface area contributed by atoms with E-state index in [2.05, 4.69) is 328 Å². The zero-order valence-corrected chi connectivity index (χ0v) is 52.2. The molecule has 0 fully saturated rings. The highest BCUT2D eigenvalue weighted by Gasteiger charge is 2.45. The average molecular weight is 1160 g/mol. The Hall–Kier alpha value is -6.40. The average Bonchev–Trinajstić information content (AvgIpc) is 3.08. The van der Waals surface area contributed by atoms with Crippen molar-refractivity contribution in [2.24, 2.45) is 0 Å². The number of anilines is 6. The van der Waals surface area contributed by atoms with E-state index >= 15 is 0 Å². The molecule has 9 aromatic carbocycles. The number of benzene rings is 9. The van der Waals surface area contributed by atoms with Crippen molar-refractivity contribution >= 4 is 89.1 Å². The van der Waals surface area contributed by atoms with Crippen molar-refractivity contribution in [1.29, 1.82) is 0 Å². The summed E-state index contributed by atoms with van der Waals surface area (Å²) in [6.45, 7) is 34.5. The van der Waals surface area contributed by atoms with E-state index in [1.54, 1.807) is 0 Å². The van der Waals surface area contributed by atoms with Crippen molar-refractivity contribution in [2.75, 3.05) is 9.80 Å². The second-order valence-electron chi connectivity index (χ2n) is 27.5. The number of halogens is 2. The lowest BCUT2D eigenvalue weighted by atomic mass is 9.33. The van der Waals surface area contributed by atoms with E-state index in [1.165, 1.54) is 111 Å². The van der Waals surface area contributed by atoms with Gasteiger partial charge in [-0.1, -0.05) is 269 Å². The Kier molecular flexibility index (Phi) is 13.6. The van der Waals surface area contributed by atoms with Gasteiger partial charge in [0.15, 0.2) is 0 Å². The van der Waals surface area contributed by atoms with E-state index in [0.717, 1.165) is 20.3 Å². The summed E-state index contributed by atoms with van der Waals surface area (Å²) in [5, 5.41) is 0. The van der Waals surface area contributed by atoms with Crippen molar-refractivity contribution in [3.63, 3.8) is 0 Å². The van der Waals surface area contributed by atoms with Gasteiger partial charge in [-0.15, -0.1) is 0 Å². The van der Waals surface area contributed by atoms with Gasteiger partial charge in [-0.2, -0.15) is 0 Å². The van der Waals surface area contributed by atoms with Crippen LogP contribution in [0.1, 0.15) is 132 Å². The second kappa shape index (κ2) is 19.7. The SMILES string of the molecule is CC(C)(C)c1ccc(-c2ccc(-c3ccc(C(C)(C)C)cc3)c(N3c4cc(Br)ccc4B4c5ccc(Br)cc5N(c5cc(-c6ccc(C(C)(C)C)cc6)ccc5-c5ccc(C(C)(C)C)cc5)c5cc(C(C)(C)C)cc3c54)c2)cc1. The van der Waals surface area contributed by atoms with E-state index in [9.17, 15) is 0 Å². The predicted octanol–water partition coefficient (Wildman–Crippen LogP) is 20.4. The molecule has 398 valence electrons. The molecule has 0 saturated carbocycles. The van der Waals surface area contributed by atoms with Crippen molar-refractivity contribution in [3.8, 4) is 44.5 Å². The zero-order valence-electron chi connectivity index (χ0n) is 49.0. The van der Waals surface area contributed by atoms with Crippen molar-refractivity contribution in [1.82, 2.24) is 0 Å². The van der Waals surface area contributed by atoms with Crippen LogP contribution in [0.2, 0.25) is 0 Å². The Balaban J connectivity index is 1.23. The summed E-state index contributed by atoms with van der Waals surface area (Å²) < 4.78 is 2.08. The first-order valence-corrected chi connectivity index (χ1v) is 29.8. The van der Waals surface area contributed by atoms with E-state index < -0.39 is 0 Å². The van der Waals surface area contributed by atoms with Crippen LogP contribution in [0.3, 0.4) is 0 Å². The third-order valence-electron chi connectivity index (χ3n) is 16.6. The smallest absolute Gasteiger partial charge is 0.252 e. The van der Waals surface area contributed by atoms with Gasteiger partial charge < -0.3 is 9.80 Å². The Labute approximate surface area is 489 Å². The van der Waals surface area contributed by atoms with Crippen molar-refractivity contribution in [2.45, 2.75) is 131 Å². The molecule has 2 aliphatic rings. The number of hydrogen-bond acceptors (Lipinski definition) is 2. The molecule has 0 spiro atoms. The number of fused-ring (bicyclic) bond motifs is 4. The standard InChI is InChI=1S/C74H75BBr2N2/c1-70(2,3)52-26-16-46(17-27-52)50-24-36-59(48-20-30-54(31-21-48)72(7,8)9)63(40-50)78-65-44-57(76)34-38-61(65)75-62-39-35-58(77)45-66(62)79(68-43-56(74(13,14)15)42-67(78)69(68)75)64-41-51(47-18-28-53(29-19-47)71(4,5)6)25-37-60(64)49-22-32-55(33-23-49)73(10,11)12/h16-45H,1-15H3. The van der Waals surface area contributed by atoms with Gasteiger partial charge in [0.25, 0.3) is 6.71 Å². The molecule has 0 atom stereocenters. The van der Waals surface area contributed by atoms with Crippen LogP contribution >= 0.6 is 31.9 Å². The summed E-state index contributed by atoms with van der Waals surface area (Å²) in [4.78, 5) is 5.23. The highest BCUT2D eigenvalue weighted by atomic mass is 79.9. The number of rotatable bonds is 6. The summed E-state index contributed by atoms with van der Waals surface area (Å²) >= 11 is 8.07. The predicted molar refractivity (Wildman–Crippen MR) is 351 cm³/mol. The van der Waals surface area contributed by atoms with Crippen molar-refractivity contribution in [3.05, 3.63) is 219 Å². The quantitative estimate of drug-likeness (QED) is 0.153. The largest absolute Gasteiger partial charge is 0.311 e. The molecular weight excluding hydrogens is 1090 g/mol. The zero-order chi connectivity index (χ0) is 56.3. The second-order valence-corrected chi connectivity index (χ2v) is 29.3. The Bertz CT molecular complexity index is 3560. The fourth-order valence-corrected chi connectivity index (χ4v) is 12.5. The summed E-state index contributed by atoms with van der Waals surface area (Å²) in [5.41, 5.74) is 26.8. The molecule has 5 heteroatoms. The molecule has 11 rings (SSSR count). The van der Waals surface area contributed by atoms with Gasteiger partial charge in [0.05, 0.1) is 11.4 Å². The molecule has 0 N–H and O–H groups in total. The van der Waals surface area contributed by atoms with Crippen LogP contribution in [-0.2, 0) is 27.1 Å². The van der Waals surface area contributed by atoms with Gasteiger partial charge in [-0.05, 0) is 153 Å². The molecule has 0 aliphatic carbocycles. The number of hydrogen-bond donors (Lipinski definition) is 0. The van der Waals surface area contributed by atoms with Crippen LogP contribution < -0.4 is 26.2 Å². The molecule has 9 aromatic rings. The lowest BCUT2D eigenvalue weighted by molar-refractivity contribution is 0.590. The summed E-state index contributed by atoms with van der Waals surface area (Å²) in [6, 6.07) is 70.4. The normalized spacial score (nSPS) is 13.6. The molecule has 0 amide bonds. The van der Waals surface area contributed by atoms with Gasteiger partial charge in [-0.25, -0.2) is 0 Å². The van der Waals surface area contributed by atoms with Crippen LogP contribution in [0, 0.1) is 0 Å². The van der Waals surface area contributed by atoms with Gasteiger partial charge in [-0.3, -0.25) is 0 Å². The third-order valence-corrected chi connectivity index (χ3v) is 17.6. The molecule has 0 aromatic heterocycles. The Morgan fingerprint density at radius 2 is 0.557 bits per heavy atom. The Morgan fingerprint density at radius 1 is 0.266 bits per heavy atom. The van der Waals surface area contributed by atoms with Crippen LogP contribution in [0.4, 0.5) is 34.1 Å². The fourth-order valence-electron chi connectivity index (χ4n) is 11.8. The first-order chi connectivity index (χ1) is 37.1. The minimum absolute atomic E-state index is 0.0217. The third kappa shape index (κ3) is 10.3. The van der Waals surface area contributed by atoms with Crippen LogP contribution in [0.5, 0.6) is 0 Å². The van der Waals surface area contributed by atoms with Gasteiger partial charge in [0.1, 0.15) is 0 Å². The van der Waals surface area contributed by atoms with Gasteiger partial charge in [0.2, 0.25) is 0 Å². The molecule has 2 aliphatic heterocycles. The van der Waals surface area contributed by atoms with E-state index in [-0.39, 0.29) is 33.8 Å². The monoisotopic (exact) mass is 1160 g/mol. The lowest BCUT2D eigenvalue weighted by Crippen LogP contribution is -2.61. The minimum atomic E-state index is -0.210. The van der Waals surface area contributed by atoms with Crippen LogP contribution in [-0.4, -0.2) is 6.71 Å². The molecule has 2 heterocycles. The van der Waals surface area contributed by atoms with Gasteiger partial charge >= 0.3 is 0 Å². The molecule has 2 nitrogen and oxygen atoms in total. The molecule has 0 unspecified atom stereocenters. The van der Waals surface area contributed by atoms with Crippen LogP contribution in [0.15, 0.2) is 191 Å². The molecular formula is C74H75BBr2N2. The van der Waals surface area contributed by atoms with E-state index in [1.807, 2.05) is 0 Å².